The van der Waals surface area contributed by atoms with Crippen LogP contribution in [-0.2, 0) is 19.6 Å². The molecule has 194 valence electrons. The first-order chi connectivity index (χ1) is 18.5. The Morgan fingerprint density at radius 1 is 1.18 bits per heavy atom. The van der Waals surface area contributed by atoms with Crippen LogP contribution in [0.1, 0.15) is 31.2 Å². The summed E-state index contributed by atoms with van der Waals surface area (Å²) in [7, 11) is 0. The van der Waals surface area contributed by atoms with Crippen molar-refractivity contribution in [2.24, 2.45) is 5.73 Å². The normalized spacial score (nSPS) is 15.4. The lowest BCUT2D eigenvalue weighted by Crippen LogP contribution is -2.44. The van der Waals surface area contributed by atoms with E-state index in [1.54, 1.807) is 23.6 Å². The summed E-state index contributed by atoms with van der Waals surface area (Å²) in [5, 5.41) is 11.1. The molecule has 0 bridgehead atoms. The van der Waals surface area contributed by atoms with E-state index in [0.717, 1.165) is 22.9 Å². The number of imidazole rings is 1. The van der Waals surface area contributed by atoms with E-state index in [2.05, 4.69) is 27.9 Å². The van der Waals surface area contributed by atoms with Crippen molar-refractivity contribution >= 4 is 27.8 Å². The zero-order valence-corrected chi connectivity index (χ0v) is 21.0. The number of anilines is 1. The predicted octanol–water partition coefficient (Wildman–Crippen LogP) is 1.75. The quantitative estimate of drug-likeness (QED) is 0.388. The average Bonchev–Trinajstić information content (AvgIpc) is 3.32. The molecule has 10 nitrogen and oxygen atoms in total. The van der Waals surface area contributed by atoms with Gasteiger partial charge in [0.15, 0.2) is 5.52 Å². The van der Waals surface area contributed by atoms with E-state index in [1.165, 1.54) is 4.68 Å². The first-order valence-corrected chi connectivity index (χ1v) is 12.5. The maximum absolute atomic E-state index is 14.0. The number of nitriles is 1. The van der Waals surface area contributed by atoms with Gasteiger partial charge in [-0.15, -0.1) is 5.92 Å². The van der Waals surface area contributed by atoms with Gasteiger partial charge in [0.05, 0.1) is 25.3 Å². The molecular weight excluding hydrogens is 487 g/mol. The molecule has 11 heteroatoms. The SMILES string of the molecule is CC#CCn1c(N2CCCC(N)C2)nc2c(=O)n(CCF)n(Cc3cc4ccccc4c(C#N)n3)c(=O)c21. The molecule has 1 atom stereocenters. The fourth-order valence-corrected chi connectivity index (χ4v) is 5.04. The third-order valence-electron chi connectivity index (χ3n) is 6.77. The third-order valence-corrected chi connectivity index (χ3v) is 6.77. The van der Waals surface area contributed by atoms with Crippen LogP contribution in [0, 0.1) is 23.2 Å². The standard InChI is InChI=1S/C27H27FN8O2/c1-2-3-12-34-24-23(32-27(34)33-11-6-8-19(30)16-33)25(37)35(13-10-28)36(26(24)38)17-20-14-18-7-4-5-9-21(18)22(15-29)31-20/h4-5,7,9,14,19H,6,8,10-13,16-17,30H2,1H3. The molecule has 1 unspecified atom stereocenters. The van der Waals surface area contributed by atoms with E-state index < -0.39 is 17.8 Å². The fourth-order valence-electron chi connectivity index (χ4n) is 5.04. The predicted molar refractivity (Wildman–Crippen MR) is 143 cm³/mol. The number of aromatic nitrogens is 5. The van der Waals surface area contributed by atoms with E-state index in [9.17, 15) is 19.2 Å². The number of fused-ring (bicyclic) bond motifs is 2. The van der Waals surface area contributed by atoms with Gasteiger partial charge in [-0.3, -0.25) is 14.2 Å². The summed E-state index contributed by atoms with van der Waals surface area (Å²) >= 11 is 0. The van der Waals surface area contributed by atoms with Crippen LogP contribution < -0.4 is 21.8 Å². The number of nitrogens with zero attached hydrogens (tertiary/aromatic N) is 7. The second-order valence-electron chi connectivity index (χ2n) is 9.25. The first kappa shape index (κ1) is 25.2. The molecule has 3 aromatic heterocycles. The Labute approximate surface area is 217 Å². The van der Waals surface area contributed by atoms with Crippen LogP contribution in [0.2, 0.25) is 0 Å². The molecule has 5 rings (SSSR count). The minimum Gasteiger partial charge on any atom is -0.341 e. The number of alkyl halides is 1. The topological polar surface area (TPSA) is 128 Å². The number of benzene rings is 1. The monoisotopic (exact) mass is 514 g/mol. The fraction of sp³-hybridized carbons (Fsp3) is 0.370. The van der Waals surface area contributed by atoms with E-state index in [1.807, 2.05) is 23.1 Å². The minimum absolute atomic E-state index is 0.0315. The number of hydrogen-bond donors (Lipinski definition) is 1. The van der Waals surface area contributed by atoms with Crippen LogP contribution in [0.25, 0.3) is 21.8 Å². The Balaban J connectivity index is 1.74. The van der Waals surface area contributed by atoms with Crippen molar-refractivity contribution in [2.45, 2.75) is 45.4 Å². The molecule has 38 heavy (non-hydrogen) atoms. The van der Waals surface area contributed by atoms with Gasteiger partial charge in [0.1, 0.15) is 24.0 Å². The number of rotatable bonds is 6. The molecule has 0 aliphatic carbocycles. The zero-order chi connectivity index (χ0) is 26.8. The Morgan fingerprint density at radius 3 is 2.74 bits per heavy atom. The third kappa shape index (κ3) is 4.42. The molecule has 0 amide bonds. The van der Waals surface area contributed by atoms with E-state index in [4.69, 9.17) is 5.73 Å². The number of hydrogen-bond acceptors (Lipinski definition) is 7. The molecule has 0 radical (unpaired) electrons. The van der Waals surface area contributed by atoms with E-state index >= 15 is 0 Å². The molecule has 1 fully saturated rings. The summed E-state index contributed by atoms with van der Waals surface area (Å²) in [6, 6.07) is 11.1. The molecule has 1 aliphatic heterocycles. The van der Waals surface area contributed by atoms with Crippen LogP contribution in [0.3, 0.4) is 0 Å². The van der Waals surface area contributed by atoms with Crippen LogP contribution in [0.15, 0.2) is 39.9 Å². The Morgan fingerprint density at radius 2 is 2.00 bits per heavy atom. The summed E-state index contributed by atoms with van der Waals surface area (Å²) in [6.07, 6.45) is 1.74. The highest BCUT2D eigenvalue weighted by Gasteiger charge is 2.27. The van der Waals surface area contributed by atoms with Gasteiger partial charge in [0, 0.05) is 24.5 Å². The lowest BCUT2D eigenvalue weighted by molar-refractivity contribution is 0.367. The van der Waals surface area contributed by atoms with Gasteiger partial charge in [-0.25, -0.2) is 23.7 Å². The Bertz CT molecular complexity index is 1750. The van der Waals surface area contributed by atoms with Gasteiger partial charge < -0.3 is 10.6 Å². The summed E-state index contributed by atoms with van der Waals surface area (Å²) in [5.74, 6) is 6.26. The summed E-state index contributed by atoms with van der Waals surface area (Å²) < 4.78 is 17.5. The minimum atomic E-state index is -0.852. The van der Waals surface area contributed by atoms with Crippen molar-refractivity contribution in [2.75, 3.05) is 24.7 Å². The molecule has 2 N–H and O–H groups in total. The molecule has 1 aromatic carbocycles. The number of halogens is 1. The van der Waals surface area contributed by atoms with Crippen LogP contribution in [0.5, 0.6) is 0 Å². The van der Waals surface area contributed by atoms with Crippen molar-refractivity contribution in [3.63, 3.8) is 0 Å². The zero-order valence-electron chi connectivity index (χ0n) is 21.0. The van der Waals surface area contributed by atoms with E-state index in [0.29, 0.717) is 30.1 Å². The molecule has 4 heterocycles. The van der Waals surface area contributed by atoms with Crippen molar-refractivity contribution in [3.8, 4) is 17.9 Å². The van der Waals surface area contributed by atoms with Crippen molar-refractivity contribution in [1.29, 1.82) is 5.26 Å². The van der Waals surface area contributed by atoms with E-state index in [-0.39, 0.29) is 42.4 Å². The van der Waals surface area contributed by atoms with Gasteiger partial charge in [0.25, 0.3) is 11.1 Å². The average molecular weight is 515 g/mol. The number of pyridine rings is 1. The maximum Gasteiger partial charge on any atom is 0.293 e. The first-order valence-electron chi connectivity index (χ1n) is 12.5. The summed E-state index contributed by atoms with van der Waals surface area (Å²) in [6.45, 7) is 1.76. The molecule has 4 aromatic rings. The van der Waals surface area contributed by atoms with Gasteiger partial charge in [-0.2, -0.15) is 5.26 Å². The number of piperidine rings is 1. The largest absolute Gasteiger partial charge is 0.341 e. The highest BCUT2D eigenvalue weighted by atomic mass is 19.1. The second-order valence-corrected chi connectivity index (χ2v) is 9.25. The Hall–Kier alpha value is -4.48. The van der Waals surface area contributed by atoms with Crippen LogP contribution in [-0.4, -0.2) is 49.7 Å². The maximum atomic E-state index is 14.0. The van der Waals surface area contributed by atoms with Gasteiger partial charge in [-0.1, -0.05) is 30.2 Å². The molecule has 1 saturated heterocycles. The lowest BCUT2D eigenvalue weighted by atomic mass is 10.1. The van der Waals surface area contributed by atoms with Gasteiger partial charge in [0.2, 0.25) is 5.95 Å². The highest BCUT2D eigenvalue weighted by Crippen LogP contribution is 2.23. The molecular formula is C27H27FN8O2. The van der Waals surface area contributed by atoms with Crippen molar-refractivity contribution in [3.05, 3.63) is 62.4 Å². The summed E-state index contributed by atoms with van der Waals surface area (Å²) in [5.41, 5.74) is 5.77. The second kappa shape index (κ2) is 10.5. The number of nitrogens with two attached hydrogens (primary N) is 1. The summed E-state index contributed by atoms with van der Waals surface area (Å²) in [4.78, 5) is 38.6. The van der Waals surface area contributed by atoms with Crippen molar-refractivity contribution < 1.29 is 4.39 Å². The lowest BCUT2D eigenvalue weighted by Gasteiger charge is -2.31. The van der Waals surface area contributed by atoms with Gasteiger partial charge >= 0.3 is 0 Å². The Kier molecular flexibility index (Phi) is 6.95. The van der Waals surface area contributed by atoms with Gasteiger partial charge in [-0.05, 0) is 31.2 Å². The highest BCUT2D eigenvalue weighted by molar-refractivity contribution is 5.86. The molecule has 1 aliphatic rings. The molecule has 0 saturated carbocycles. The smallest absolute Gasteiger partial charge is 0.293 e. The molecule has 0 spiro atoms. The van der Waals surface area contributed by atoms with Crippen molar-refractivity contribution in [1.82, 2.24) is 23.9 Å². The van der Waals surface area contributed by atoms with Crippen LogP contribution in [0.4, 0.5) is 10.3 Å². The van der Waals surface area contributed by atoms with Crippen LogP contribution >= 0.6 is 0 Å².